The molecule has 6 heteroatoms. The van der Waals surface area contributed by atoms with Crippen molar-refractivity contribution in [2.24, 2.45) is 0 Å². The lowest BCUT2D eigenvalue weighted by atomic mass is 9.98. The number of para-hydroxylation sites is 1. The minimum atomic E-state index is 0.287. The van der Waals surface area contributed by atoms with E-state index in [2.05, 4.69) is 39.9 Å². The van der Waals surface area contributed by atoms with E-state index in [-0.39, 0.29) is 5.91 Å². The molecule has 0 aliphatic carbocycles. The number of likely N-dealkylation sites (tertiary alicyclic amines) is 1. The van der Waals surface area contributed by atoms with Gasteiger partial charge in [-0.05, 0) is 32.0 Å². The van der Waals surface area contributed by atoms with Gasteiger partial charge < -0.3 is 9.80 Å². The van der Waals surface area contributed by atoms with Crippen molar-refractivity contribution < 1.29 is 4.79 Å². The molecule has 4 rings (SSSR count). The molecule has 2 saturated heterocycles. The Kier molecular flexibility index (Phi) is 5.01. The summed E-state index contributed by atoms with van der Waals surface area (Å²) in [5.74, 6) is 0.679. The summed E-state index contributed by atoms with van der Waals surface area (Å²) < 4.78 is 1.25. The Morgan fingerprint density at radius 1 is 1.20 bits per heavy atom. The molecule has 2 aliphatic heterocycles. The maximum Gasteiger partial charge on any atom is 0.236 e. The summed E-state index contributed by atoms with van der Waals surface area (Å²) >= 11 is 1.79. The van der Waals surface area contributed by atoms with Gasteiger partial charge in [-0.3, -0.25) is 9.69 Å². The van der Waals surface area contributed by atoms with Crippen molar-refractivity contribution >= 4 is 27.5 Å². The molecule has 0 spiro atoms. The number of thiazole rings is 1. The first kappa shape index (κ1) is 16.9. The van der Waals surface area contributed by atoms with E-state index in [4.69, 9.17) is 4.98 Å². The first-order valence-electron chi connectivity index (χ1n) is 9.23. The second-order valence-electron chi connectivity index (χ2n) is 7.28. The van der Waals surface area contributed by atoms with Crippen LogP contribution in [0.1, 0.15) is 23.8 Å². The summed E-state index contributed by atoms with van der Waals surface area (Å²) in [5.41, 5.74) is 1.09. The number of piperazine rings is 1. The van der Waals surface area contributed by atoms with Gasteiger partial charge in [0, 0.05) is 45.2 Å². The molecule has 134 valence electrons. The van der Waals surface area contributed by atoms with Crippen LogP contribution in [0.4, 0.5) is 0 Å². The van der Waals surface area contributed by atoms with Crippen LogP contribution >= 0.6 is 11.3 Å². The molecule has 2 fully saturated rings. The molecule has 1 atom stereocenters. The zero-order valence-corrected chi connectivity index (χ0v) is 15.7. The molecule has 0 saturated carbocycles. The Morgan fingerprint density at radius 3 is 2.80 bits per heavy atom. The summed E-state index contributed by atoms with van der Waals surface area (Å²) in [6, 6.07) is 8.32. The minimum Gasteiger partial charge on any atom is -0.341 e. The molecule has 0 radical (unpaired) electrons. The van der Waals surface area contributed by atoms with Gasteiger partial charge in [0.15, 0.2) is 0 Å². The molecule has 25 heavy (non-hydrogen) atoms. The number of nitrogens with zero attached hydrogens (tertiary/aromatic N) is 4. The van der Waals surface area contributed by atoms with Gasteiger partial charge in [0.25, 0.3) is 0 Å². The number of likely N-dealkylation sites (N-methyl/N-ethyl adjacent to an activating group) is 1. The Balaban J connectivity index is 1.39. The van der Waals surface area contributed by atoms with Crippen LogP contribution in [0.15, 0.2) is 24.3 Å². The average Bonchev–Trinajstić information content (AvgIpc) is 3.08. The fourth-order valence-electron chi connectivity index (χ4n) is 3.77. The fourth-order valence-corrected chi connectivity index (χ4v) is 4.86. The lowest BCUT2D eigenvalue weighted by Gasteiger charge is -2.36. The van der Waals surface area contributed by atoms with Gasteiger partial charge in [0.2, 0.25) is 5.91 Å². The summed E-state index contributed by atoms with van der Waals surface area (Å²) in [7, 11) is 2.15. The number of carbonyl (C=O) groups excluding carboxylic acids is 1. The molecule has 1 amide bonds. The topological polar surface area (TPSA) is 39.7 Å². The minimum absolute atomic E-state index is 0.287. The number of fused-ring (bicyclic) bond motifs is 1. The summed E-state index contributed by atoms with van der Waals surface area (Å²) in [5, 5.41) is 1.19. The SMILES string of the molecule is CN1CCN(CC(=O)N2CCC[C@H](c3nc4ccccc4s3)C2)CC1. The number of aromatic nitrogens is 1. The Bertz CT molecular complexity index is 705. The lowest BCUT2D eigenvalue weighted by molar-refractivity contribution is -0.134. The van der Waals surface area contributed by atoms with Gasteiger partial charge in [-0.1, -0.05) is 12.1 Å². The standard InChI is InChI=1S/C19H26N4OS/c1-21-9-11-22(12-10-21)14-18(24)23-8-4-5-15(13-23)19-20-16-6-2-3-7-17(16)25-19/h2-3,6-7,15H,4-5,8-14H2,1H3/t15-/m0/s1. The van der Waals surface area contributed by atoms with E-state index in [9.17, 15) is 4.79 Å². The maximum absolute atomic E-state index is 12.8. The monoisotopic (exact) mass is 358 g/mol. The van der Waals surface area contributed by atoms with Gasteiger partial charge in [-0.2, -0.15) is 0 Å². The van der Waals surface area contributed by atoms with Crippen LogP contribution < -0.4 is 0 Å². The average molecular weight is 359 g/mol. The van der Waals surface area contributed by atoms with Crippen LogP contribution in [0.5, 0.6) is 0 Å². The van der Waals surface area contributed by atoms with Crippen molar-refractivity contribution in [2.45, 2.75) is 18.8 Å². The number of rotatable bonds is 3. The Morgan fingerprint density at radius 2 is 2.00 bits per heavy atom. The largest absolute Gasteiger partial charge is 0.341 e. The zero-order chi connectivity index (χ0) is 17.2. The summed E-state index contributed by atoms with van der Waals surface area (Å²) in [6.07, 6.45) is 2.22. The van der Waals surface area contributed by atoms with Crippen molar-refractivity contribution in [2.75, 3.05) is 52.9 Å². The van der Waals surface area contributed by atoms with Crippen molar-refractivity contribution in [1.29, 1.82) is 0 Å². The normalized spacial score (nSPS) is 23.2. The predicted octanol–water partition coefficient (Wildman–Crippen LogP) is 2.25. The van der Waals surface area contributed by atoms with E-state index in [1.807, 2.05) is 6.07 Å². The highest BCUT2D eigenvalue weighted by Crippen LogP contribution is 2.32. The number of hydrogen-bond donors (Lipinski definition) is 0. The van der Waals surface area contributed by atoms with Gasteiger partial charge in [0.05, 0.1) is 21.8 Å². The van der Waals surface area contributed by atoms with Crippen molar-refractivity contribution in [1.82, 2.24) is 19.7 Å². The number of benzene rings is 1. The molecule has 0 bridgehead atoms. The number of carbonyl (C=O) groups is 1. The second kappa shape index (κ2) is 7.40. The van der Waals surface area contributed by atoms with Crippen LogP contribution in [0.2, 0.25) is 0 Å². The van der Waals surface area contributed by atoms with Crippen LogP contribution in [0.3, 0.4) is 0 Å². The molecule has 1 aromatic heterocycles. The third kappa shape index (κ3) is 3.86. The molecule has 0 N–H and O–H groups in total. The van der Waals surface area contributed by atoms with E-state index in [0.717, 1.165) is 57.6 Å². The third-order valence-corrected chi connectivity index (χ3v) is 6.59. The van der Waals surface area contributed by atoms with Crippen LogP contribution in [0.25, 0.3) is 10.2 Å². The van der Waals surface area contributed by atoms with Crippen molar-refractivity contribution in [3.8, 4) is 0 Å². The van der Waals surface area contributed by atoms with Gasteiger partial charge in [0.1, 0.15) is 0 Å². The summed E-state index contributed by atoms with van der Waals surface area (Å²) in [6.45, 7) is 6.40. The van der Waals surface area contributed by atoms with Gasteiger partial charge >= 0.3 is 0 Å². The van der Waals surface area contributed by atoms with Gasteiger partial charge in [-0.15, -0.1) is 11.3 Å². The number of hydrogen-bond acceptors (Lipinski definition) is 5. The van der Waals surface area contributed by atoms with E-state index < -0.39 is 0 Å². The maximum atomic E-state index is 12.8. The number of piperidine rings is 1. The van der Waals surface area contributed by atoms with Gasteiger partial charge in [-0.25, -0.2) is 4.98 Å². The highest BCUT2D eigenvalue weighted by atomic mass is 32.1. The highest BCUT2D eigenvalue weighted by Gasteiger charge is 2.28. The molecular formula is C19H26N4OS. The lowest BCUT2D eigenvalue weighted by Crippen LogP contribution is -2.50. The van der Waals surface area contributed by atoms with Crippen LogP contribution in [-0.2, 0) is 4.79 Å². The quantitative estimate of drug-likeness (QED) is 0.844. The third-order valence-electron chi connectivity index (χ3n) is 5.39. The van der Waals surface area contributed by atoms with E-state index in [0.29, 0.717) is 12.5 Å². The van der Waals surface area contributed by atoms with Crippen molar-refractivity contribution in [3.05, 3.63) is 29.3 Å². The van der Waals surface area contributed by atoms with E-state index in [1.54, 1.807) is 11.3 Å². The molecule has 0 unspecified atom stereocenters. The summed E-state index contributed by atoms with van der Waals surface area (Å²) in [4.78, 5) is 24.3. The van der Waals surface area contributed by atoms with E-state index in [1.165, 1.54) is 9.71 Å². The molecule has 1 aromatic carbocycles. The first-order chi connectivity index (χ1) is 12.2. The molecule has 3 heterocycles. The number of amides is 1. The van der Waals surface area contributed by atoms with E-state index >= 15 is 0 Å². The molecule has 2 aromatic rings. The first-order valence-corrected chi connectivity index (χ1v) is 10.0. The fraction of sp³-hybridized carbons (Fsp3) is 0.579. The molecule has 2 aliphatic rings. The predicted molar refractivity (Wildman–Crippen MR) is 102 cm³/mol. The Hall–Kier alpha value is -1.50. The zero-order valence-electron chi connectivity index (χ0n) is 14.9. The Labute approximate surface area is 153 Å². The highest BCUT2D eigenvalue weighted by molar-refractivity contribution is 7.18. The molecular weight excluding hydrogens is 332 g/mol. The molecule has 5 nitrogen and oxygen atoms in total. The smallest absolute Gasteiger partial charge is 0.236 e. The van der Waals surface area contributed by atoms with Crippen LogP contribution in [0, 0.1) is 0 Å². The second-order valence-corrected chi connectivity index (χ2v) is 8.34. The van der Waals surface area contributed by atoms with Crippen molar-refractivity contribution in [3.63, 3.8) is 0 Å². The van der Waals surface area contributed by atoms with Crippen LogP contribution in [-0.4, -0.2) is 78.5 Å².